The van der Waals surface area contributed by atoms with Crippen molar-refractivity contribution in [1.82, 2.24) is 0 Å². The maximum absolute atomic E-state index is 11.6. The summed E-state index contributed by atoms with van der Waals surface area (Å²) in [5.41, 5.74) is 0.0862. The lowest BCUT2D eigenvalue weighted by atomic mass is 9.82. The summed E-state index contributed by atoms with van der Waals surface area (Å²) < 4.78 is 26.9. The van der Waals surface area contributed by atoms with Gasteiger partial charge < -0.3 is 23.7 Å². The second-order valence-electron chi connectivity index (χ2n) is 6.68. The molecular formula is C16H24O7. The Balaban J connectivity index is 1.35. The van der Waals surface area contributed by atoms with E-state index >= 15 is 0 Å². The SMILES string of the molecule is COC(=O)CCC(=O)OC1COC(C2CCC3(C)OC3C2)OC1. The van der Waals surface area contributed by atoms with Crippen molar-refractivity contribution in [3.05, 3.63) is 0 Å². The Morgan fingerprint density at radius 2 is 1.87 bits per heavy atom. The Bertz CT molecular complexity index is 457. The van der Waals surface area contributed by atoms with E-state index in [1.165, 1.54) is 7.11 Å². The lowest BCUT2D eigenvalue weighted by Crippen LogP contribution is -2.43. The summed E-state index contributed by atoms with van der Waals surface area (Å²) in [4.78, 5) is 22.6. The van der Waals surface area contributed by atoms with Crippen molar-refractivity contribution in [3.8, 4) is 0 Å². The first-order chi connectivity index (χ1) is 11.0. The van der Waals surface area contributed by atoms with Crippen molar-refractivity contribution >= 4 is 11.9 Å². The van der Waals surface area contributed by atoms with Gasteiger partial charge in [-0.3, -0.25) is 9.59 Å². The molecule has 3 rings (SSSR count). The first-order valence-corrected chi connectivity index (χ1v) is 8.17. The van der Waals surface area contributed by atoms with E-state index in [4.69, 9.17) is 18.9 Å². The highest BCUT2D eigenvalue weighted by atomic mass is 16.7. The van der Waals surface area contributed by atoms with Gasteiger partial charge in [0.05, 0.1) is 44.9 Å². The highest BCUT2D eigenvalue weighted by molar-refractivity contribution is 5.77. The van der Waals surface area contributed by atoms with Crippen LogP contribution in [0.3, 0.4) is 0 Å². The molecule has 1 saturated carbocycles. The van der Waals surface area contributed by atoms with Gasteiger partial charge in [-0.2, -0.15) is 0 Å². The molecule has 0 aromatic rings. The van der Waals surface area contributed by atoms with E-state index in [-0.39, 0.29) is 24.7 Å². The van der Waals surface area contributed by atoms with Gasteiger partial charge in [-0.15, -0.1) is 0 Å². The lowest BCUT2D eigenvalue weighted by Gasteiger charge is -2.35. The molecule has 2 saturated heterocycles. The van der Waals surface area contributed by atoms with Gasteiger partial charge in [0.1, 0.15) is 6.10 Å². The Labute approximate surface area is 135 Å². The van der Waals surface area contributed by atoms with Gasteiger partial charge in [0.2, 0.25) is 0 Å². The largest absolute Gasteiger partial charge is 0.469 e. The summed E-state index contributed by atoms with van der Waals surface area (Å²) in [7, 11) is 1.29. The molecule has 2 heterocycles. The standard InChI is InChI=1S/C16H24O7/c1-16-6-5-10(7-12(16)23-16)15-20-8-11(9-21-15)22-14(18)4-3-13(17)19-2/h10-12,15H,3-9H2,1-2H3. The molecule has 7 nitrogen and oxygen atoms in total. The van der Waals surface area contributed by atoms with E-state index in [1.54, 1.807) is 0 Å². The molecule has 3 atom stereocenters. The van der Waals surface area contributed by atoms with Crippen LogP contribution in [-0.2, 0) is 33.3 Å². The fourth-order valence-corrected chi connectivity index (χ4v) is 3.31. The molecule has 7 heteroatoms. The third-order valence-electron chi connectivity index (χ3n) is 4.90. The van der Waals surface area contributed by atoms with Crippen LogP contribution in [0.15, 0.2) is 0 Å². The normalized spacial score (nSPS) is 39.2. The minimum atomic E-state index is -0.439. The Morgan fingerprint density at radius 3 is 2.52 bits per heavy atom. The smallest absolute Gasteiger partial charge is 0.306 e. The van der Waals surface area contributed by atoms with Crippen molar-refractivity contribution in [2.75, 3.05) is 20.3 Å². The average Bonchev–Trinajstić information content (AvgIpc) is 3.23. The fourth-order valence-electron chi connectivity index (χ4n) is 3.31. The number of carbonyl (C=O) groups is 2. The predicted molar refractivity (Wildman–Crippen MR) is 77.4 cm³/mol. The van der Waals surface area contributed by atoms with Crippen molar-refractivity contribution in [2.24, 2.45) is 5.92 Å². The number of hydrogen-bond donors (Lipinski definition) is 0. The first kappa shape index (κ1) is 16.7. The van der Waals surface area contributed by atoms with Crippen molar-refractivity contribution in [2.45, 2.75) is 63.1 Å². The predicted octanol–water partition coefficient (Wildman–Crippen LogP) is 1.18. The van der Waals surface area contributed by atoms with Gasteiger partial charge in [0.25, 0.3) is 0 Å². The molecule has 3 unspecified atom stereocenters. The third-order valence-corrected chi connectivity index (χ3v) is 4.90. The summed E-state index contributed by atoms with van der Waals surface area (Å²) in [5.74, 6) is -0.526. The molecule has 0 aromatic heterocycles. The van der Waals surface area contributed by atoms with Gasteiger partial charge in [-0.1, -0.05) is 0 Å². The van der Waals surface area contributed by atoms with Crippen LogP contribution in [0.25, 0.3) is 0 Å². The summed E-state index contributed by atoms with van der Waals surface area (Å²) in [6.45, 7) is 2.81. The van der Waals surface area contributed by atoms with Crippen LogP contribution >= 0.6 is 0 Å². The number of fused-ring (bicyclic) bond motifs is 1. The lowest BCUT2D eigenvalue weighted by molar-refractivity contribution is -0.246. The number of esters is 2. The minimum Gasteiger partial charge on any atom is -0.469 e. The van der Waals surface area contributed by atoms with E-state index in [2.05, 4.69) is 11.7 Å². The van der Waals surface area contributed by atoms with Crippen LogP contribution in [0.1, 0.15) is 39.0 Å². The molecule has 0 N–H and O–H groups in total. The summed E-state index contributed by atoms with van der Waals surface area (Å²) in [6, 6.07) is 0. The molecule has 2 aliphatic heterocycles. The highest BCUT2D eigenvalue weighted by Gasteiger charge is 2.56. The second kappa shape index (κ2) is 6.75. The van der Waals surface area contributed by atoms with E-state index in [9.17, 15) is 9.59 Å². The van der Waals surface area contributed by atoms with Crippen LogP contribution in [0.2, 0.25) is 0 Å². The number of ether oxygens (including phenoxy) is 5. The zero-order valence-electron chi connectivity index (χ0n) is 13.6. The Kier molecular flexibility index (Phi) is 4.89. The summed E-state index contributed by atoms with van der Waals surface area (Å²) in [6.07, 6.45) is 2.74. The molecule has 0 spiro atoms. The summed E-state index contributed by atoms with van der Waals surface area (Å²) >= 11 is 0. The zero-order chi connectivity index (χ0) is 16.4. The fraction of sp³-hybridized carbons (Fsp3) is 0.875. The minimum absolute atomic E-state index is 0.00677. The van der Waals surface area contributed by atoms with Crippen LogP contribution < -0.4 is 0 Å². The van der Waals surface area contributed by atoms with Gasteiger partial charge in [0, 0.05) is 5.92 Å². The first-order valence-electron chi connectivity index (χ1n) is 8.17. The molecule has 0 radical (unpaired) electrons. The van der Waals surface area contributed by atoms with E-state index < -0.39 is 18.0 Å². The number of hydrogen-bond acceptors (Lipinski definition) is 7. The molecule has 3 fully saturated rings. The van der Waals surface area contributed by atoms with Crippen LogP contribution in [-0.4, -0.2) is 56.4 Å². The van der Waals surface area contributed by atoms with Crippen molar-refractivity contribution in [1.29, 1.82) is 0 Å². The van der Waals surface area contributed by atoms with Crippen LogP contribution in [0.5, 0.6) is 0 Å². The van der Waals surface area contributed by atoms with Crippen molar-refractivity contribution in [3.63, 3.8) is 0 Å². The topological polar surface area (TPSA) is 83.6 Å². The van der Waals surface area contributed by atoms with E-state index in [1.807, 2.05) is 0 Å². The molecule has 130 valence electrons. The van der Waals surface area contributed by atoms with Crippen LogP contribution in [0.4, 0.5) is 0 Å². The number of epoxide rings is 1. The average molecular weight is 328 g/mol. The van der Waals surface area contributed by atoms with Crippen molar-refractivity contribution < 1.29 is 33.3 Å². The van der Waals surface area contributed by atoms with E-state index in [0.29, 0.717) is 25.2 Å². The molecule has 3 aliphatic rings. The molecule has 1 aliphatic carbocycles. The quantitative estimate of drug-likeness (QED) is 0.553. The van der Waals surface area contributed by atoms with E-state index in [0.717, 1.165) is 19.3 Å². The van der Waals surface area contributed by atoms with Gasteiger partial charge >= 0.3 is 11.9 Å². The van der Waals surface area contributed by atoms with Crippen LogP contribution in [0, 0.1) is 5.92 Å². The number of carbonyl (C=O) groups excluding carboxylic acids is 2. The Hall–Kier alpha value is -1.18. The molecule has 23 heavy (non-hydrogen) atoms. The second-order valence-corrected chi connectivity index (χ2v) is 6.68. The maximum atomic E-state index is 11.6. The monoisotopic (exact) mass is 328 g/mol. The maximum Gasteiger partial charge on any atom is 0.306 e. The molecule has 0 amide bonds. The Morgan fingerprint density at radius 1 is 1.17 bits per heavy atom. The summed E-state index contributed by atoms with van der Waals surface area (Å²) in [5, 5.41) is 0. The molecular weight excluding hydrogens is 304 g/mol. The van der Waals surface area contributed by atoms with Gasteiger partial charge in [-0.05, 0) is 26.2 Å². The highest BCUT2D eigenvalue weighted by Crippen LogP contribution is 2.50. The third kappa shape index (κ3) is 4.02. The van der Waals surface area contributed by atoms with Gasteiger partial charge in [-0.25, -0.2) is 0 Å². The molecule has 0 bridgehead atoms. The molecule has 0 aromatic carbocycles. The number of methoxy groups -OCH3 is 1. The number of rotatable bonds is 5. The van der Waals surface area contributed by atoms with Gasteiger partial charge in [0.15, 0.2) is 6.29 Å². The zero-order valence-corrected chi connectivity index (χ0v) is 13.6.